The molecule has 0 saturated heterocycles. The Kier molecular flexibility index (Phi) is 3.51. The van der Waals surface area contributed by atoms with E-state index in [0.717, 1.165) is 32.8 Å². The van der Waals surface area contributed by atoms with Crippen LogP contribution < -0.4 is 0 Å². The van der Waals surface area contributed by atoms with Gasteiger partial charge in [0, 0.05) is 5.02 Å². The average Bonchev–Trinajstić information content (AvgIpc) is 2.28. The lowest BCUT2D eigenvalue weighted by molar-refractivity contribution is 0.280. The first kappa shape index (κ1) is 12.2. The summed E-state index contributed by atoms with van der Waals surface area (Å²) < 4.78 is 0. The molecule has 0 radical (unpaired) electrons. The van der Waals surface area contributed by atoms with Gasteiger partial charge < -0.3 is 5.11 Å². The van der Waals surface area contributed by atoms with Gasteiger partial charge in [-0.05, 0) is 53.8 Å². The van der Waals surface area contributed by atoms with Crippen molar-refractivity contribution < 1.29 is 5.11 Å². The van der Waals surface area contributed by atoms with Crippen LogP contribution in [0.15, 0.2) is 36.4 Å². The molecule has 2 aromatic carbocycles. The summed E-state index contributed by atoms with van der Waals surface area (Å²) in [6, 6.07) is 12.0. The number of benzene rings is 2. The molecular weight excluding hydrogens is 232 g/mol. The molecule has 2 aromatic rings. The molecule has 1 nitrogen and oxygen atoms in total. The van der Waals surface area contributed by atoms with Crippen molar-refractivity contribution in [3.8, 4) is 11.1 Å². The summed E-state index contributed by atoms with van der Waals surface area (Å²) in [5.74, 6) is 0. The van der Waals surface area contributed by atoms with E-state index in [0.29, 0.717) is 0 Å². The van der Waals surface area contributed by atoms with E-state index in [4.69, 9.17) is 11.6 Å². The van der Waals surface area contributed by atoms with Crippen LogP contribution in [0, 0.1) is 13.8 Å². The quantitative estimate of drug-likeness (QED) is 0.845. The number of halogens is 1. The number of rotatable bonds is 2. The zero-order valence-corrected chi connectivity index (χ0v) is 10.8. The maximum Gasteiger partial charge on any atom is 0.0686 e. The molecule has 0 unspecified atom stereocenters. The van der Waals surface area contributed by atoms with Crippen LogP contribution >= 0.6 is 11.6 Å². The predicted molar refractivity (Wildman–Crippen MR) is 72.3 cm³/mol. The molecule has 0 spiro atoms. The number of aryl methyl sites for hydroxylation is 2. The third-order valence-electron chi connectivity index (χ3n) is 3.01. The lowest BCUT2D eigenvalue weighted by Crippen LogP contribution is -1.94. The zero-order chi connectivity index (χ0) is 12.4. The van der Waals surface area contributed by atoms with Crippen molar-refractivity contribution in [1.29, 1.82) is 0 Å². The molecule has 0 aliphatic rings. The second-order valence-corrected chi connectivity index (χ2v) is 4.69. The van der Waals surface area contributed by atoms with E-state index in [1.165, 1.54) is 0 Å². The minimum Gasteiger partial charge on any atom is -0.392 e. The van der Waals surface area contributed by atoms with Crippen molar-refractivity contribution in [1.82, 2.24) is 0 Å². The predicted octanol–water partition coefficient (Wildman–Crippen LogP) is 4.12. The second kappa shape index (κ2) is 4.91. The summed E-state index contributed by atoms with van der Waals surface area (Å²) in [5, 5.41) is 10.0. The SMILES string of the molecule is Cc1cc(-c2cccc(Cl)c2)cc(C)c1CO. The van der Waals surface area contributed by atoms with E-state index < -0.39 is 0 Å². The highest BCUT2D eigenvalue weighted by Gasteiger charge is 2.06. The van der Waals surface area contributed by atoms with Crippen LogP contribution in [0.1, 0.15) is 16.7 Å². The van der Waals surface area contributed by atoms with Crippen molar-refractivity contribution in [2.45, 2.75) is 20.5 Å². The lowest BCUT2D eigenvalue weighted by atomic mass is 9.96. The Bertz CT molecular complexity index is 523. The maximum absolute atomic E-state index is 9.28. The Morgan fingerprint density at radius 1 is 1.00 bits per heavy atom. The normalized spacial score (nSPS) is 10.6. The highest BCUT2D eigenvalue weighted by molar-refractivity contribution is 6.30. The number of hydrogen-bond donors (Lipinski definition) is 1. The van der Waals surface area contributed by atoms with Crippen molar-refractivity contribution in [3.63, 3.8) is 0 Å². The molecular formula is C15H15ClO. The van der Waals surface area contributed by atoms with Crippen LogP contribution in [-0.2, 0) is 6.61 Å². The first-order valence-electron chi connectivity index (χ1n) is 5.58. The molecule has 0 aromatic heterocycles. The summed E-state index contributed by atoms with van der Waals surface area (Å²) in [6.07, 6.45) is 0. The van der Waals surface area contributed by atoms with E-state index in [9.17, 15) is 5.11 Å². The fourth-order valence-corrected chi connectivity index (χ4v) is 2.27. The van der Waals surface area contributed by atoms with Gasteiger partial charge in [0.25, 0.3) is 0 Å². The highest BCUT2D eigenvalue weighted by Crippen LogP contribution is 2.27. The summed E-state index contributed by atoms with van der Waals surface area (Å²) in [7, 11) is 0. The summed E-state index contributed by atoms with van der Waals surface area (Å²) in [6.45, 7) is 4.13. The Hall–Kier alpha value is -1.31. The molecule has 0 amide bonds. The smallest absolute Gasteiger partial charge is 0.0686 e. The lowest BCUT2D eigenvalue weighted by Gasteiger charge is -2.11. The third-order valence-corrected chi connectivity index (χ3v) is 3.25. The van der Waals surface area contributed by atoms with E-state index in [2.05, 4.69) is 12.1 Å². The average molecular weight is 247 g/mol. The minimum atomic E-state index is 0.0908. The monoisotopic (exact) mass is 246 g/mol. The Morgan fingerprint density at radius 2 is 1.65 bits per heavy atom. The zero-order valence-electron chi connectivity index (χ0n) is 10.00. The van der Waals surface area contributed by atoms with Crippen molar-refractivity contribution in [3.05, 3.63) is 58.1 Å². The highest BCUT2D eigenvalue weighted by atomic mass is 35.5. The first-order valence-corrected chi connectivity index (χ1v) is 5.96. The van der Waals surface area contributed by atoms with Gasteiger partial charge in [0.15, 0.2) is 0 Å². The van der Waals surface area contributed by atoms with Crippen LogP contribution in [0.5, 0.6) is 0 Å². The van der Waals surface area contributed by atoms with Crippen molar-refractivity contribution in [2.24, 2.45) is 0 Å². The van der Waals surface area contributed by atoms with Crippen LogP contribution in [0.2, 0.25) is 5.02 Å². The topological polar surface area (TPSA) is 20.2 Å². The molecule has 0 bridgehead atoms. The minimum absolute atomic E-state index is 0.0908. The molecule has 88 valence electrons. The molecule has 0 saturated carbocycles. The largest absolute Gasteiger partial charge is 0.392 e. The molecule has 17 heavy (non-hydrogen) atoms. The van der Waals surface area contributed by atoms with Crippen molar-refractivity contribution >= 4 is 11.6 Å². The van der Waals surface area contributed by atoms with E-state index in [-0.39, 0.29) is 6.61 Å². The summed E-state index contributed by atoms with van der Waals surface area (Å²) >= 11 is 5.99. The van der Waals surface area contributed by atoms with Crippen LogP contribution in [-0.4, -0.2) is 5.11 Å². The first-order chi connectivity index (χ1) is 8.11. The maximum atomic E-state index is 9.28. The number of hydrogen-bond acceptors (Lipinski definition) is 1. The van der Waals surface area contributed by atoms with Crippen LogP contribution in [0.25, 0.3) is 11.1 Å². The Morgan fingerprint density at radius 3 is 2.18 bits per heavy atom. The molecule has 0 heterocycles. The number of aliphatic hydroxyl groups excluding tert-OH is 1. The van der Waals surface area contributed by atoms with Gasteiger partial charge in [-0.1, -0.05) is 35.9 Å². The molecule has 0 atom stereocenters. The number of aliphatic hydroxyl groups is 1. The van der Waals surface area contributed by atoms with Gasteiger partial charge in [-0.15, -0.1) is 0 Å². The fraction of sp³-hybridized carbons (Fsp3) is 0.200. The standard InChI is InChI=1S/C15H15ClO/c1-10-6-13(7-11(2)15(10)9-17)12-4-3-5-14(16)8-12/h3-8,17H,9H2,1-2H3. The van der Waals surface area contributed by atoms with Gasteiger partial charge in [0.05, 0.1) is 6.61 Å². The van der Waals surface area contributed by atoms with Crippen LogP contribution in [0.4, 0.5) is 0 Å². The van der Waals surface area contributed by atoms with Gasteiger partial charge in [0.2, 0.25) is 0 Å². The Labute approximate surface area is 107 Å². The fourth-order valence-electron chi connectivity index (χ4n) is 2.08. The van der Waals surface area contributed by atoms with E-state index in [1.54, 1.807) is 0 Å². The van der Waals surface area contributed by atoms with Gasteiger partial charge >= 0.3 is 0 Å². The molecule has 2 heteroatoms. The molecule has 0 aliphatic carbocycles. The van der Waals surface area contributed by atoms with E-state index >= 15 is 0 Å². The Balaban J connectivity index is 2.54. The molecule has 0 fully saturated rings. The summed E-state index contributed by atoms with van der Waals surface area (Å²) in [5.41, 5.74) is 5.48. The van der Waals surface area contributed by atoms with Crippen molar-refractivity contribution in [2.75, 3.05) is 0 Å². The summed E-state index contributed by atoms with van der Waals surface area (Å²) in [4.78, 5) is 0. The van der Waals surface area contributed by atoms with Crippen LogP contribution in [0.3, 0.4) is 0 Å². The molecule has 0 aliphatic heterocycles. The van der Waals surface area contributed by atoms with Gasteiger partial charge in [0.1, 0.15) is 0 Å². The second-order valence-electron chi connectivity index (χ2n) is 4.26. The molecule has 1 N–H and O–H groups in total. The third kappa shape index (κ3) is 2.51. The van der Waals surface area contributed by atoms with Gasteiger partial charge in [-0.3, -0.25) is 0 Å². The van der Waals surface area contributed by atoms with Gasteiger partial charge in [-0.25, -0.2) is 0 Å². The molecule has 2 rings (SSSR count). The van der Waals surface area contributed by atoms with Gasteiger partial charge in [-0.2, -0.15) is 0 Å². The van der Waals surface area contributed by atoms with E-state index in [1.807, 2.05) is 38.1 Å².